The third-order valence-corrected chi connectivity index (χ3v) is 2.99. The average Bonchev–Trinajstić information content (AvgIpc) is 2.03. The smallest absolute Gasteiger partial charge is 0.00145 e. The molecule has 1 aromatic carbocycles. The van der Waals surface area contributed by atoms with Crippen molar-refractivity contribution in [2.75, 3.05) is 0 Å². The number of hydrogen-bond donors (Lipinski definition) is 0. The average molecular weight is 194 g/mol. The molecule has 2 atom stereocenters. The summed E-state index contributed by atoms with van der Waals surface area (Å²) in [6.45, 7) is 6.57. The van der Waals surface area contributed by atoms with Gasteiger partial charge in [0.05, 0.1) is 0 Å². The van der Waals surface area contributed by atoms with E-state index in [4.69, 9.17) is 0 Å². The maximum absolute atomic E-state index is 2.94. The van der Waals surface area contributed by atoms with Crippen LogP contribution in [0.25, 0.3) is 0 Å². The molecule has 0 aliphatic heterocycles. The maximum Gasteiger partial charge on any atom is -0.00145 e. The minimum absolute atomic E-state index is 0.628. The molecule has 0 nitrogen and oxygen atoms in total. The molecule has 0 aliphatic rings. The molecule has 1 aromatic rings. The second-order valence-corrected chi connectivity index (χ2v) is 4.62. The molecule has 0 heterocycles. The van der Waals surface area contributed by atoms with Crippen LogP contribution in [0, 0.1) is 13.8 Å². The zero-order valence-electron chi connectivity index (χ0n) is 8.80. The molecule has 72 valence electrons. The van der Waals surface area contributed by atoms with E-state index in [1.165, 1.54) is 29.5 Å². The van der Waals surface area contributed by atoms with E-state index in [1.807, 2.05) is 0 Å². The molecular formula is C12H19P. The van der Waals surface area contributed by atoms with Crippen LogP contribution in [-0.4, -0.2) is 0 Å². The first-order valence-corrected chi connectivity index (χ1v) is 5.64. The molecule has 13 heavy (non-hydrogen) atoms. The molecule has 0 spiro atoms. The molecule has 0 aromatic heterocycles. The van der Waals surface area contributed by atoms with Crippen LogP contribution in [0.3, 0.4) is 0 Å². The molecule has 0 amide bonds. The second kappa shape index (κ2) is 4.77. The molecule has 0 N–H and O–H groups in total. The number of rotatable bonds is 3. The largest absolute Gasteiger partial charge is 0.130 e. The van der Waals surface area contributed by atoms with Gasteiger partial charge in [-0.1, -0.05) is 42.7 Å². The van der Waals surface area contributed by atoms with Crippen molar-refractivity contribution in [2.24, 2.45) is 0 Å². The van der Waals surface area contributed by atoms with Gasteiger partial charge in [0.15, 0.2) is 0 Å². The van der Waals surface area contributed by atoms with E-state index in [-0.39, 0.29) is 0 Å². The van der Waals surface area contributed by atoms with Crippen molar-refractivity contribution >= 4 is 9.24 Å². The molecular weight excluding hydrogens is 175 g/mol. The Balaban J connectivity index is 2.87. The summed E-state index contributed by atoms with van der Waals surface area (Å²) in [5, 5.41) is 0. The SMILES string of the molecule is CCCC(P)c1cc(C)cc(C)c1. The van der Waals surface area contributed by atoms with Gasteiger partial charge in [-0.05, 0) is 31.5 Å². The van der Waals surface area contributed by atoms with Gasteiger partial charge >= 0.3 is 0 Å². The third kappa shape index (κ3) is 3.12. The van der Waals surface area contributed by atoms with Crippen molar-refractivity contribution in [3.63, 3.8) is 0 Å². The van der Waals surface area contributed by atoms with Crippen LogP contribution < -0.4 is 0 Å². The van der Waals surface area contributed by atoms with E-state index in [1.54, 1.807) is 0 Å². The van der Waals surface area contributed by atoms with Crippen molar-refractivity contribution in [2.45, 2.75) is 39.3 Å². The van der Waals surface area contributed by atoms with Crippen LogP contribution in [0.15, 0.2) is 18.2 Å². The summed E-state index contributed by atoms with van der Waals surface area (Å²) in [7, 11) is 2.94. The van der Waals surface area contributed by atoms with Crippen molar-refractivity contribution in [1.82, 2.24) is 0 Å². The summed E-state index contributed by atoms with van der Waals surface area (Å²) in [6.07, 6.45) is 2.51. The van der Waals surface area contributed by atoms with Gasteiger partial charge < -0.3 is 0 Å². The standard InChI is InChI=1S/C12H19P/c1-4-5-12(13)11-7-9(2)6-10(3)8-11/h6-8,12H,4-5,13H2,1-3H3. The van der Waals surface area contributed by atoms with E-state index in [0.29, 0.717) is 5.66 Å². The summed E-state index contributed by atoms with van der Waals surface area (Å²) in [5.41, 5.74) is 4.84. The van der Waals surface area contributed by atoms with Crippen molar-refractivity contribution < 1.29 is 0 Å². The highest BCUT2D eigenvalue weighted by Gasteiger charge is 2.04. The molecule has 0 radical (unpaired) electrons. The maximum atomic E-state index is 2.94. The van der Waals surface area contributed by atoms with Crippen LogP contribution in [0.4, 0.5) is 0 Å². The van der Waals surface area contributed by atoms with Gasteiger partial charge in [-0.25, -0.2) is 0 Å². The van der Waals surface area contributed by atoms with E-state index >= 15 is 0 Å². The predicted octanol–water partition coefficient (Wildman–Crippen LogP) is 4.02. The quantitative estimate of drug-likeness (QED) is 0.637. The van der Waals surface area contributed by atoms with Gasteiger partial charge in [0.25, 0.3) is 0 Å². The van der Waals surface area contributed by atoms with Crippen LogP contribution in [0.2, 0.25) is 0 Å². The van der Waals surface area contributed by atoms with Gasteiger partial charge in [0, 0.05) is 0 Å². The Labute approximate surface area is 84.0 Å². The summed E-state index contributed by atoms with van der Waals surface area (Å²) >= 11 is 0. The lowest BCUT2D eigenvalue weighted by Crippen LogP contribution is -1.91. The molecule has 0 bridgehead atoms. The normalized spacial score (nSPS) is 12.9. The minimum atomic E-state index is 0.628. The fourth-order valence-corrected chi connectivity index (χ4v) is 2.23. The minimum Gasteiger partial charge on any atom is -0.130 e. The Kier molecular flexibility index (Phi) is 3.93. The highest BCUT2D eigenvalue weighted by atomic mass is 31.0. The Morgan fingerprint density at radius 3 is 2.15 bits per heavy atom. The summed E-state index contributed by atoms with van der Waals surface area (Å²) in [5.74, 6) is 0. The molecule has 0 aliphatic carbocycles. The molecule has 2 unspecified atom stereocenters. The highest BCUT2D eigenvalue weighted by Crippen LogP contribution is 2.29. The molecule has 0 fully saturated rings. The van der Waals surface area contributed by atoms with Crippen molar-refractivity contribution in [3.05, 3.63) is 34.9 Å². The lowest BCUT2D eigenvalue weighted by molar-refractivity contribution is 0.777. The zero-order valence-corrected chi connectivity index (χ0v) is 9.96. The summed E-state index contributed by atoms with van der Waals surface area (Å²) in [6, 6.07) is 6.81. The second-order valence-electron chi connectivity index (χ2n) is 3.82. The van der Waals surface area contributed by atoms with Gasteiger partial charge in [-0.2, -0.15) is 0 Å². The van der Waals surface area contributed by atoms with Gasteiger partial charge in [-0.15, -0.1) is 9.24 Å². The van der Waals surface area contributed by atoms with E-state index in [9.17, 15) is 0 Å². The number of hydrogen-bond acceptors (Lipinski definition) is 0. The highest BCUT2D eigenvalue weighted by molar-refractivity contribution is 7.17. The van der Waals surface area contributed by atoms with Crippen LogP contribution >= 0.6 is 9.24 Å². The van der Waals surface area contributed by atoms with E-state index in [0.717, 1.165) is 0 Å². The molecule has 1 heteroatoms. The Morgan fingerprint density at radius 2 is 1.69 bits per heavy atom. The third-order valence-electron chi connectivity index (χ3n) is 2.27. The summed E-state index contributed by atoms with van der Waals surface area (Å²) in [4.78, 5) is 0. The van der Waals surface area contributed by atoms with Crippen LogP contribution in [0.1, 0.15) is 42.1 Å². The topological polar surface area (TPSA) is 0 Å². The monoisotopic (exact) mass is 194 g/mol. The Morgan fingerprint density at radius 1 is 1.15 bits per heavy atom. The Hall–Kier alpha value is -0.350. The lowest BCUT2D eigenvalue weighted by atomic mass is 10.0. The fourth-order valence-electron chi connectivity index (χ4n) is 1.70. The molecule has 0 saturated carbocycles. The van der Waals surface area contributed by atoms with Crippen molar-refractivity contribution in [3.8, 4) is 0 Å². The fraction of sp³-hybridized carbons (Fsp3) is 0.500. The first kappa shape index (κ1) is 10.7. The first-order chi connectivity index (χ1) is 6.13. The molecule has 1 rings (SSSR count). The lowest BCUT2D eigenvalue weighted by Gasteiger charge is -2.12. The van der Waals surface area contributed by atoms with Gasteiger partial charge in [-0.3, -0.25) is 0 Å². The summed E-state index contributed by atoms with van der Waals surface area (Å²) < 4.78 is 0. The van der Waals surface area contributed by atoms with E-state index in [2.05, 4.69) is 48.2 Å². The Bertz CT molecular complexity index is 258. The zero-order chi connectivity index (χ0) is 9.84. The first-order valence-electron chi connectivity index (χ1n) is 4.97. The van der Waals surface area contributed by atoms with Crippen LogP contribution in [-0.2, 0) is 0 Å². The van der Waals surface area contributed by atoms with Crippen LogP contribution in [0.5, 0.6) is 0 Å². The predicted molar refractivity (Wildman–Crippen MR) is 63.3 cm³/mol. The molecule has 0 saturated heterocycles. The number of aryl methyl sites for hydroxylation is 2. The van der Waals surface area contributed by atoms with E-state index < -0.39 is 0 Å². The number of benzene rings is 1. The van der Waals surface area contributed by atoms with Gasteiger partial charge in [0.1, 0.15) is 0 Å². The van der Waals surface area contributed by atoms with Crippen molar-refractivity contribution in [1.29, 1.82) is 0 Å². The van der Waals surface area contributed by atoms with Gasteiger partial charge in [0.2, 0.25) is 0 Å².